The van der Waals surface area contributed by atoms with Crippen LogP contribution in [0.25, 0.3) is 0 Å². The number of aryl methyl sites for hydroxylation is 2. The van der Waals surface area contributed by atoms with E-state index in [4.69, 9.17) is 4.74 Å². The first-order valence-corrected chi connectivity index (χ1v) is 11.5. The molecule has 2 N–H and O–H groups in total. The van der Waals surface area contributed by atoms with E-state index in [-0.39, 0.29) is 18.4 Å². The van der Waals surface area contributed by atoms with Gasteiger partial charge in [-0.05, 0) is 68.1 Å². The van der Waals surface area contributed by atoms with E-state index in [1.807, 2.05) is 49.1 Å². The third kappa shape index (κ3) is 4.85. The van der Waals surface area contributed by atoms with Crippen LogP contribution in [0, 0.1) is 13.8 Å². The molecule has 1 aliphatic carbocycles. The fraction of sp³-hybridized carbons (Fsp3) is 0.308. The van der Waals surface area contributed by atoms with Crippen LogP contribution in [0.3, 0.4) is 0 Å². The minimum absolute atomic E-state index is 0.0413. The molecule has 2 amide bonds. The van der Waals surface area contributed by atoms with E-state index < -0.39 is 12.2 Å². The number of hydrogen-bond donors (Lipinski definition) is 2. The summed E-state index contributed by atoms with van der Waals surface area (Å²) < 4.78 is 5.56. The van der Waals surface area contributed by atoms with Gasteiger partial charge in [0, 0.05) is 28.8 Å². The number of benzene rings is 2. The Labute approximate surface area is 198 Å². The molecule has 0 saturated carbocycles. The highest BCUT2D eigenvalue weighted by atomic mass is 16.6. The maximum Gasteiger partial charge on any atom is 0.411 e. The van der Waals surface area contributed by atoms with Crippen LogP contribution >= 0.6 is 0 Å². The Morgan fingerprint density at radius 1 is 0.941 bits per heavy atom. The lowest BCUT2D eigenvalue weighted by Crippen LogP contribution is -2.38. The summed E-state index contributed by atoms with van der Waals surface area (Å²) in [6, 6.07) is 17.6. The number of likely N-dealkylation sites (tertiary alicyclic amines) is 1. The van der Waals surface area contributed by atoms with Crippen molar-refractivity contribution >= 4 is 29.3 Å². The predicted molar refractivity (Wildman–Crippen MR) is 129 cm³/mol. The molecule has 0 bridgehead atoms. The van der Waals surface area contributed by atoms with Crippen molar-refractivity contribution in [1.82, 2.24) is 14.9 Å². The molecule has 0 spiro atoms. The molecule has 0 radical (unpaired) electrons. The van der Waals surface area contributed by atoms with Gasteiger partial charge in [-0.1, -0.05) is 24.3 Å². The van der Waals surface area contributed by atoms with Gasteiger partial charge in [0.1, 0.15) is 6.10 Å². The third-order valence-electron chi connectivity index (χ3n) is 6.24. The normalized spacial score (nSPS) is 17.5. The second-order valence-electron chi connectivity index (χ2n) is 8.91. The lowest BCUT2D eigenvalue weighted by Gasteiger charge is -2.24. The van der Waals surface area contributed by atoms with Crippen LogP contribution in [-0.4, -0.2) is 45.6 Å². The van der Waals surface area contributed by atoms with E-state index >= 15 is 0 Å². The van der Waals surface area contributed by atoms with Crippen molar-refractivity contribution in [3.8, 4) is 0 Å². The van der Waals surface area contributed by atoms with Gasteiger partial charge in [-0.2, -0.15) is 0 Å². The molecule has 1 fully saturated rings. The Morgan fingerprint density at radius 2 is 1.56 bits per heavy atom. The maximum atomic E-state index is 12.6. The molecule has 8 nitrogen and oxygen atoms in total. The lowest BCUT2D eigenvalue weighted by molar-refractivity contribution is -0.129. The number of nitrogens with zero attached hydrogens (tertiary/aromatic N) is 3. The molecular formula is C26H27N5O3. The monoisotopic (exact) mass is 457 g/mol. The summed E-state index contributed by atoms with van der Waals surface area (Å²) in [7, 11) is 0. The number of ether oxygens (including phenoxy) is 1. The Morgan fingerprint density at radius 3 is 2.21 bits per heavy atom. The number of aromatic nitrogens is 2. The largest absolute Gasteiger partial charge is 0.444 e. The molecule has 1 saturated heterocycles. The van der Waals surface area contributed by atoms with Crippen molar-refractivity contribution in [3.05, 3.63) is 77.1 Å². The molecule has 1 atom stereocenters. The van der Waals surface area contributed by atoms with Crippen LogP contribution in [0.1, 0.15) is 28.9 Å². The van der Waals surface area contributed by atoms with E-state index in [9.17, 15) is 9.59 Å². The molecule has 2 aromatic carbocycles. The molecule has 5 rings (SSSR count). The van der Waals surface area contributed by atoms with Gasteiger partial charge in [0.25, 0.3) is 0 Å². The number of carbonyl (C=O) groups is 2. The van der Waals surface area contributed by atoms with Crippen molar-refractivity contribution in [1.29, 1.82) is 0 Å². The van der Waals surface area contributed by atoms with Crippen LogP contribution < -0.4 is 10.6 Å². The van der Waals surface area contributed by atoms with Crippen molar-refractivity contribution in [2.24, 2.45) is 0 Å². The van der Waals surface area contributed by atoms with Crippen LogP contribution in [0.2, 0.25) is 0 Å². The van der Waals surface area contributed by atoms with Gasteiger partial charge >= 0.3 is 6.09 Å². The van der Waals surface area contributed by atoms with E-state index in [0.29, 0.717) is 18.2 Å². The molecule has 2 aliphatic rings. The summed E-state index contributed by atoms with van der Waals surface area (Å²) in [5, 5.41) is 5.90. The standard InChI is InChI=1S/C26H27N5O3/c1-16-11-17(2)28-25(27-16)29-20-7-9-21(10-8-20)30-26(33)34-23-14-24(32)31(15-23)22-12-18-5-3-4-6-19(18)13-22/h3-11,22-23H,12-15H2,1-2H3,(H,30,33)(H,27,28,29). The lowest BCUT2D eigenvalue weighted by atomic mass is 10.1. The molecule has 8 heteroatoms. The molecule has 1 aliphatic heterocycles. The van der Waals surface area contributed by atoms with E-state index in [2.05, 4.69) is 32.7 Å². The van der Waals surface area contributed by atoms with E-state index in [0.717, 1.165) is 29.9 Å². The first-order valence-electron chi connectivity index (χ1n) is 11.5. The fourth-order valence-electron chi connectivity index (χ4n) is 4.73. The number of hydrogen-bond acceptors (Lipinski definition) is 6. The van der Waals surface area contributed by atoms with Gasteiger partial charge in [0.05, 0.1) is 13.0 Å². The topological polar surface area (TPSA) is 96.4 Å². The minimum Gasteiger partial charge on any atom is -0.444 e. The molecule has 1 unspecified atom stereocenters. The molecule has 174 valence electrons. The molecular weight excluding hydrogens is 430 g/mol. The van der Waals surface area contributed by atoms with Crippen molar-refractivity contribution in [2.75, 3.05) is 17.2 Å². The Bertz CT molecular complexity index is 1180. The first kappa shape index (κ1) is 21.9. The zero-order valence-electron chi connectivity index (χ0n) is 19.2. The minimum atomic E-state index is -0.562. The van der Waals surface area contributed by atoms with Crippen LogP contribution in [-0.2, 0) is 22.4 Å². The average molecular weight is 458 g/mol. The van der Waals surface area contributed by atoms with Gasteiger partial charge in [-0.15, -0.1) is 0 Å². The number of rotatable bonds is 5. The van der Waals surface area contributed by atoms with Crippen LogP contribution in [0.4, 0.5) is 22.1 Å². The highest BCUT2D eigenvalue weighted by Crippen LogP contribution is 2.29. The Hall–Kier alpha value is -3.94. The summed E-state index contributed by atoms with van der Waals surface area (Å²) >= 11 is 0. The van der Waals surface area contributed by atoms with Gasteiger partial charge in [-0.3, -0.25) is 10.1 Å². The van der Waals surface area contributed by atoms with Crippen LogP contribution in [0.5, 0.6) is 0 Å². The first-order chi connectivity index (χ1) is 16.4. The zero-order valence-corrected chi connectivity index (χ0v) is 19.2. The number of anilines is 3. The van der Waals surface area contributed by atoms with Gasteiger partial charge in [0.2, 0.25) is 11.9 Å². The molecule has 34 heavy (non-hydrogen) atoms. The fourth-order valence-corrected chi connectivity index (χ4v) is 4.73. The van der Waals surface area contributed by atoms with Crippen molar-refractivity contribution in [2.45, 2.75) is 45.3 Å². The summed E-state index contributed by atoms with van der Waals surface area (Å²) in [6.45, 7) is 4.27. The van der Waals surface area contributed by atoms with E-state index in [1.54, 1.807) is 12.1 Å². The third-order valence-corrected chi connectivity index (χ3v) is 6.24. The second kappa shape index (κ2) is 9.13. The summed E-state index contributed by atoms with van der Waals surface area (Å²) in [4.78, 5) is 35.6. The SMILES string of the molecule is Cc1cc(C)nc(Nc2ccc(NC(=O)OC3CC(=O)N(C4Cc5ccccc5C4)C3)cc2)n1. The Kier molecular flexibility index (Phi) is 5.88. The number of fused-ring (bicyclic) bond motifs is 1. The summed E-state index contributed by atoms with van der Waals surface area (Å²) in [5.41, 5.74) is 5.77. The zero-order chi connectivity index (χ0) is 23.7. The van der Waals surface area contributed by atoms with Gasteiger partial charge in [-0.25, -0.2) is 14.8 Å². The van der Waals surface area contributed by atoms with E-state index in [1.165, 1.54) is 11.1 Å². The maximum absolute atomic E-state index is 12.6. The number of carbonyl (C=O) groups excluding carboxylic acids is 2. The Balaban J connectivity index is 1.13. The second-order valence-corrected chi connectivity index (χ2v) is 8.91. The van der Waals surface area contributed by atoms with Crippen molar-refractivity contribution in [3.63, 3.8) is 0 Å². The van der Waals surface area contributed by atoms with Crippen LogP contribution in [0.15, 0.2) is 54.6 Å². The smallest absolute Gasteiger partial charge is 0.411 e. The molecule has 3 aromatic rings. The predicted octanol–water partition coefficient (Wildman–Crippen LogP) is 4.15. The van der Waals surface area contributed by atoms with Crippen molar-refractivity contribution < 1.29 is 14.3 Å². The summed E-state index contributed by atoms with van der Waals surface area (Å²) in [5.74, 6) is 0.568. The summed E-state index contributed by atoms with van der Waals surface area (Å²) in [6.07, 6.45) is 0.925. The molecule has 1 aromatic heterocycles. The average Bonchev–Trinajstić information content (AvgIpc) is 3.37. The highest BCUT2D eigenvalue weighted by Gasteiger charge is 2.38. The number of nitrogens with one attached hydrogen (secondary N) is 2. The quantitative estimate of drug-likeness (QED) is 0.597. The highest BCUT2D eigenvalue weighted by molar-refractivity contribution is 5.86. The van der Waals surface area contributed by atoms with Gasteiger partial charge < -0.3 is 15.0 Å². The van der Waals surface area contributed by atoms with Gasteiger partial charge in [0.15, 0.2) is 0 Å². The molecule has 2 heterocycles. The number of amides is 2.